The van der Waals surface area contributed by atoms with Gasteiger partial charge < -0.3 is 14.2 Å². The molecule has 6 nitrogen and oxygen atoms in total. The molecule has 0 N–H and O–H groups in total. The highest BCUT2D eigenvalue weighted by atomic mass is 16.6. The minimum absolute atomic E-state index is 0.00874. The normalized spacial score (nSPS) is 15.5. The van der Waals surface area contributed by atoms with Gasteiger partial charge in [-0.25, -0.2) is 4.79 Å². The van der Waals surface area contributed by atoms with E-state index in [1.165, 1.54) is 5.56 Å². The summed E-state index contributed by atoms with van der Waals surface area (Å²) in [5.74, 6) is 0. The summed E-state index contributed by atoms with van der Waals surface area (Å²) in [6.07, 6.45) is 1.58. The largest absolute Gasteiger partial charge is 0.444 e. The molecule has 150 valence electrons. The van der Waals surface area contributed by atoms with Gasteiger partial charge in [-0.15, -0.1) is 0 Å². The smallest absolute Gasteiger partial charge is 0.410 e. The van der Waals surface area contributed by atoms with Crippen molar-refractivity contribution in [3.05, 3.63) is 70.1 Å². The molecule has 2 heterocycles. The summed E-state index contributed by atoms with van der Waals surface area (Å²) in [5, 5.41) is 0. The maximum Gasteiger partial charge on any atom is 0.410 e. The number of rotatable bonds is 4. The highest BCUT2D eigenvalue weighted by molar-refractivity contribution is 5.68. The Hall–Kier alpha value is -2.60. The van der Waals surface area contributed by atoms with Crippen LogP contribution < -0.4 is 5.56 Å². The molecule has 3 rings (SSSR count). The number of pyridine rings is 1. The third kappa shape index (κ3) is 5.70. The van der Waals surface area contributed by atoms with Gasteiger partial charge in [-0.05, 0) is 38.0 Å². The van der Waals surface area contributed by atoms with Gasteiger partial charge in [0.05, 0.1) is 6.54 Å². The number of hydrogen-bond donors (Lipinski definition) is 0. The van der Waals surface area contributed by atoms with Crippen molar-refractivity contribution in [2.45, 2.75) is 39.5 Å². The Labute approximate surface area is 166 Å². The van der Waals surface area contributed by atoms with Crippen molar-refractivity contribution in [1.29, 1.82) is 0 Å². The molecule has 0 aliphatic carbocycles. The molecule has 1 aliphatic heterocycles. The monoisotopic (exact) mass is 383 g/mol. The molecule has 0 spiro atoms. The van der Waals surface area contributed by atoms with Crippen LogP contribution in [0, 0.1) is 0 Å². The molecule has 28 heavy (non-hydrogen) atoms. The van der Waals surface area contributed by atoms with Crippen molar-refractivity contribution in [3.8, 4) is 0 Å². The van der Waals surface area contributed by atoms with E-state index in [0.29, 0.717) is 19.6 Å². The van der Waals surface area contributed by atoms with Crippen molar-refractivity contribution in [2.24, 2.45) is 0 Å². The predicted octanol–water partition coefficient (Wildman–Crippen LogP) is 2.95. The third-order valence-electron chi connectivity index (χ3n) is 4.71. The third-order valence-corrected chi connectivity index (χ3v) is 4.71. The first-order valence-electron chi connectivity index (χ1n) is 9.74. The molecule has 1 amide bonds. The van der Waals surface area contributed by atoms with E-state index < -0.39 is 5.60 Å². The van der Waals surface area contributed by atoms with E-state index in [0.717, 1.165) is 25.2 Å². The zero-order valence-corrected chi connectivity index (χ0v) is 16.9. The Bertz CT molecular complexity index is 844. The number of amides is 1. The number of carbonyl (C=O) groups is 1. The number of piperazine rings is 1. The second-order valence-electron chi connectivity index (χ2n) is 8.23. The molecule has 0 unspecified atom stereocenters. The maximum absolute atomic E-state index is 12.2. The second-order valence-corrected chi connectivity index (χ2v) is 8.23. The van der Waals surface area contributed by atoms with Gasteiger partial charge in [-0.1, -0.05) is 30.3 Å². The average molecular weight is 383 g/mol. The Balaban J connectivity index is 1.50. The van der Waals surface area contributed by atoms with E-state index in [1.807, 2.05) is 26.8 Å². The van der Waals surface area contributed by atoms with E-state index in [4.69, 9.17) is 4.74 Å². The first-order valence-corrected chi connectivity index (χ1v) is 9.74. The Morgan fingerprint density at radius 2 is 1.54 bits per heavy atom. The van der Waals surface area contributed by atoms with Crippen molar-refractivity contribution in [2.75, 3.05) is 26.2 Å². The van der Waals surface area contributed by atoms with Crippen LogP contribution in [0.4, 0.5) is 4.79 Å². The molecule has 1 aromatic carbocycles. The van der Waals surface area contributed by atoms with Crippen LogP contribution in [-0.4, -0.2) is 52.2 Å². The van der Waals surface area contributed by atoms with Gasteiger partial charge in [0.1, 0.15) is 5.60 Å². The molecule has 0 saturated carbocycles. The minimum atomic E-state index is -0.457. The van der Waals surface area contributed by atoms with Crippen molar-refractivity contribution >= 4 is 6.09 Å². The van der Waals surface area contributed by atoms with Crippen LogP contribution in [0.25, 0.3) is 0 Å². The standard InChI is InChI=1S/C22H29N3O3/c1-22(2,3)28-21(27)24-14-12-23(13-15-24)16-18-7-9-19(10-8-18)17-25-11-5-4-6-20(25)26/h4-11H,12-17H2,1-3H3. The van der Waals surface area contributed by atoms with Crippen LogP contribution in [0.2, 0.25) is 0 Å². The van der Waals surface area contributed by atoms with Gasteiger partial charge in [0, 0.05) is 45.0 Å². The Morgan fingerprint density at radius 1 is 0.929 bits per heavy atom. The van der Waals surface area contributed by atoms with Crippen molar-refractivity contribution < 1.29 is 9.53 Å². The number of ether oxygens (including phenoxy) is 1. The Kier molecular flexibility index (Phi) is 6.19. The average Bonchev–Trinajstić information content (AvgIpc) is 2.64. The van der Waals surface area contributed by atoms with E-state index in [1.54, 1.807) is 27.8 Å². The molecular formula is C22H29N3O3. The van der Waals surface area contributed by atoms with Crippen LogP contribution >= 0.6 is 0 Å². The number of carbonyl (C=O) groups excluding carboxylic acids is 1. The van der Waals surface area contributed by atoms with E-state index in [9.17, 15) is 9.59 Å². The lowest BCUT2D eigenvalue weighted by molar-refractivity contribution is 0.0139. The maximum atomic E-state index is 12.2. The van der Waals surface area contributed by atoms with Gasteiger partial charge in [0.25, 0.3) is 5.56 Å². The fraction of sp³-hybridized carbons (Fsp3) is 0.455. The van der Waals surface area contributed by atoms with Crippen molar-refractivity contribution in [1.82, 2.24) is 14.4 Å². The summed E-state index contributed by atoms with van der Waals surface area (Å²) in [5.41, 5.74) is 1.89. The van der Waals surface area contributed by atoms with Gasteiger partial charge in [0.15, 0.2) is 0 Å². The zero-order valence-electron chi connectivity index (χ0n) is 16.9. The number of nitrogens with zero attached hydrogens (tertiary/aromatic N) is 3. The van der Waals surface area contributed by atoms with Crippen LogP contribution in [0.3, 0.4) is 0 Å². The summed E-state index contributed by atoms with van der Waals surface area (Å²) >= 11 is 0. The van der Waals surface area contributed by atoms with Gasteiger partial charge in [-0.2, -0.15) is 0 Å². The fourth-order valence-corrected chi connectivity index (χ4v) is 3.21. The second kappa shape index (κ2) is 8.61. The van der Waals surface area contributed by atoms with Gasteiger partial charge in [-0.3, -0.25) is 9.69 Å². The lowest BCUT2D eigenvalue weighted by atomic mass is 10.1. The summed E-state index contributed by atoms with van der Waals surface area (Å²) in [6, 6.07) is 13.6. The number of aromatic nitrogens is 1. The lowest BCUT2D eigenvalue weighted by Crippen LogP contribution is -2.49. The number of benzene rings is 1. The van der Waals surface area contributed by atoms with Crippen LogP contribution in [-0.2, 0) is 17.8 Å². The van der Waals surface area contributed by atoms with E-state index in [2.05, 4.69) is 29.2 Å². The summed E-state index contributed by atoms with van der Waals surface area (Å²) in [7, 11) is 0. The number of hydrogen-bond acceptors (Lipinski definition) is 4. The Morgan fingerprint density at radius 3 is 2.11 bits per heavy atom. The van der Waals surface area contributed by atoms with Gasteiger partial charge >= 0.3 is 6.09 Å². The highest BCUT2D eigenvalue weighted by Crippen LogP contribution is 2.14. The predicted molar refractivity (Wildman–Crippen MR) is 109 cm³/mol. The molecular weight excluding hydrogens is 354 g/mol. The van der Waals surface area contributed by atoms with Crippen LogP contribution in [0.5, 0.6) is 0 Å². The molecule has 0 atom stereocenters. The van der Waals surface area contributed by atoms with Crippen LogP contribution in [0.15, 0.2) is 53.5 Å². The van der Waals surface area contributed by atoms with Crippen molar-refractivity contribution in [3.63, 3.8) is 0 Å². The SMILES string of the molecule is CC(C)(C)OC(=O)N1CCN(Cc2ccc(Cn3ccccc3=O)cc2)CC1. The first kappa shape index (κ1) is 20.1. The summed E-state index contributed by atoms with van der Waals surface area (Å²) in [4.78, 5) is 28.1. The molecule has 6 heteroatoms. The molecule has 1 saturated heterocycles. The van der Waals surface area contributed by atoms with Crippen LogP contribution in [0.1, 0.15) is 31.9 Å². The molecule has 0 radical (unpaired) electrons. The zero-order chi connectivity index (χ0) is 20.1. The van der Waals surface area contributed by atoms with Gasteiger partial charge in [0.2, 0.25) is 0 Å². The summed E-state index contributed by atoms with van der Waals surface area (Å²) in [6.45, 7) is 10.1. The summed E-state index contributed by atoms with van der Waals surface area (Å²) < 4.78 is 7.14. The molecule has 2 aromatic rings. The molecule has 1 aliphatic rings. The molecule has 0 bridgehead atoms. The molecule has 1 aromatic heterocycles. The lowest BCUT2D eigenvalue weighted by Gasteiger charge is -2.35. The fourth-order valence-electron chi connectivity index (χ4n) is 3.21. The minimum Gasteiger partial charge on any atom is -0.444 e. The molecule has 1 fully saturated rings. The van der Waals surface area contributed by atoms with E-state index >= 15 is 0 Å². The topological polar surface area (TPSA) is 54.8 Å². The van der Waals surface area contributed by atoms with E-state index in [-0.39, 0.29) is 11.7 Å². The quantitative estimate of drug-likeness (QED) is 0.815. The highest BCUT2D eigenvalue weighted by Gasteiger charge is 2.25. The first-order chi connectivity index (χ1) is 13.3.